The predicted octanol–water partition coefficient (Wildman–Crippen LogP) is 5.00. The second-order valence-electron chi connectivity index (χ2n) is 9.72. The zero-order chi connectivity index (χ0) is 27.3. The first kappa shape index (κ1) is 29.1. The first-order valence-electron chi connectivity index (χ1n) is 13.6. The summed E-state index contributed by atoms with van der Waals surface area (Å²) >= 11 is 0. The van der Waals surface area contributed by atoms with Gasteiger partial charge in [-0.15, -0.1) is 0 Å². The van der Waals surface area contributed by atoms with Crippen LogP contribution in [0.25, 0.3) is 0 Å². The van der Waals surface area contributed by atoms with E-state index in [0.29, 0.717) is 37.2 Å². The number of hydrogen-bond donors (Lipinski definition) is 3. The second kappa shape index (κ2) is 15.1. The lowest BCUT2D eigenvalue weighted by Crippen LogP contribution is -2.49. The Kier molecular flexibility index (Phi) is 11.5. The van der Waals surface area contributed by atoms with Crippen LogP contribution in [0.3, 0.4) is 0 Å². The van der Waals surface area contributed by atoms with Crippen molar-refractivity contribution in [2.45, 2.75) is 58.2 Å². The van der Waals surface area contributed by atoms with Gasteiger partial charge in [0.15, 0.2) is 0 Å². The molecule has 0 unspecified atom stereocenters. The fraction of sp³-hybridized carbons (Fsp3) is 0.375. The molecule has 6 nitrogen and oxygen atoms in total. The molecule has 3 N–H and O–H groups in total. The van der Waals surface area contributed by atoms with Crippen LogP contribution < -0.4 is 10.6 Å². The Morgan fingerprint density at radius 3 is 1.97 bits per heavy atom. The number of rotatable bonds is 14. The van der Waals surface area contributed by atoms with Gasteiger partial charge in [0.2, 0.25) is 0 Å². The van der Waals surface area contributed by atoms with Crippen molar-refractivity contribution in [3.63, 3.8) is 0 Å². The molecule has 6 heteroatoms. The monoisotopic (exact) mass is 515 g/mol. The van der Waals surface area contributed by atoms with E-state index in [9.17, 15) is 14.7 Å². The molecule has 0 spiro atoms. The molecule has 202 valence electrons. The molecule has 3 rings (SSSR count). The van der Waals surface area contributed by atoms with Crippen molar-refractivity contribution in [2.24, 2.45) is 0 Å². The number of nitrogens with zero attached hydrogens (tertiary/aromatic N) is 1. The molecule has 0 saturated carbocycles. The number of benzene rings is 3. The molecule has 2 amide bonds. The average molecular weight is 516 g/mol. The molecule has 0 heterocycles. The van der Waals surface area contributed by atoms with E-state index in [1.54, 1.807) is 29.2 Å². The normalized spacial score (nSPS) is 13.4. The quantitative estimate of drug-likeness (QED) is 0.282. The van der Waals surface area contributed by atoms with Gasteiger partial charge in [-0.1, -0.05) is 86.6 Å². The highest BCUT2D eigenvalue weighted by atomic mass is 16.3. The number of aliphatic hydroxyl groups excluding tert-OH is 1. The van der Waals surface area contributed by atoms with Gasteiger partial charge >= 0.3 is 0 Å². The lowest BCUT2D eigenvalue weighted by atomic mass is 9.99. The number of amides is 2. The Morgan fingerprint density at radius 2 is 1.37 bits per heavy atom. The summed E-state index contributed by atoms with van der Waals surface area (Å²) in [7, 11) is 0. The number of nitrogens with one attached hydrogen (secondary N) is 2. The molecule has 3 aromatic carbocycles. The van der Waals surface area contributed by atoms with Gasteiger partial charge in [-0.05, 0) is 49.4 Å². The van der Waals surface area contributed by atoms with Gasteiger partial charge in [0, 0.05) is 25.7 Å². The molecule has 3 aromatic rings. The third-order valence-corrected chi connectivity index (χ3v) is 6.69. The minimum Gasteiger partial charge on any atom is -0.390 e. The predicted molar refractivity (Wildman–Crippen MR) is 153 cm³/mol. The van der Waals surface area contributed by atoms with E-state index in [1.807, 2.05) is 81.4 Å². The van der Waals surface area contributed by atoms with Gasteiger partial charge in [-0.25, -0.2) is 0 Å². The third-order valence-electron chi connectivity index (χ3n) is 6.69. The van der Waals surface area contributed by atoms with E-state index >= 15 is 0 Å². The summed E-state index contributed by atoms with van der Waals surface area (Å²) in [5.74, 6) is -0.504. The van der Waals surface area contributed by atoms with Crippen LogP contribution in [0.1, 0.15) is 71.5 Å². The van der Waals surface area contributed by atoms with Gasteiger partial charge < -0.3 is 20.6 Å². The number of hydrogen-bond acceptors (Lipinski definition) is 4. The number of carbonyl (C=O) groups excluding carboxylic acids is 2. The van der Waals surface area contributed by atoms with Crippen LogP contribution in [0, 0.1) is 0 Å². The molecular formula is C32H41N3O3. The molecule has 0 saturated heterocycles. The molecule has 38 heavy (non-hydrogen) atoms. The maximum absolute atomic E-state index is 13.6. The van der Waals surface area contributed by atoms with Crippen molar-refractivity contribution in [1.82, 2.24) is 15.5 Å². The minimum atomic E-state index is -0.843. The van der Waals surface area contributed by atoms with Crippen LogP contribution in [0.15, 0.2) is 84.9 Å². The Morgan fingerprint density at radius 1 is 0.816 bits per heavy atom. The molecule has 0 aliphatic heterocycles. The Hall–Kier alpha value is -3.48. The molecule has 0 bridgehead atoms. The highest BCUT2D eigenvalue weighted by Gasteiger charge is 2.26. The van der Waals surface area contributed by atoms with Gasteiger partial charge in [0.05, 0.1) is 23.3 Å². The van der Waals surface area contributed by atoms with E-state index in [2.05, 4.69) is 10.6 Å². The van der Waals surface area contributed by atoms with Crippen LogP contribution in [-0.4, -0.2) is 53.6 Å². The van der Waals surface area contributed by atoms with E-state index < -0.39 is 12.1 Å². The Labute approximate surface area is 227 Å². The first-order valence-corrected chi connectivity index (χ1v) is 13.6. The maximum atomic E-state index is 13.6. The summed E-state index contributed by atoms with van der Waals surface area (Å²) in [5, 5.41) is 17.6. The number of carbonyl (C=O) groups is 2. The van der Waals surface area contributed by atoms with E-state index in [0.717, 1.165) is 24.0 Å². The van der Waals surface area contributed by atoms with E-state index in [1.165, 1.54) is 0 Å². The fourth-order valence-electron chi connectivity index (χ4n) is 4.59. The van der Waals surface area contributed by atoms with Crippen molar-refractivity contribution in [3.05, 3.63) is 107 Å². The number of aliphatic hydroxyl groups is 1. The van der Waals surface area contributed by atoms with Gasteiger partial charge in [-0.3, -0.25) is 9.59 Å². The zero-order valence-corrected chi connectivity index (χ0v) is 22.8. The Bertz CT molecular complexity index is 1130. The zero-order valence-electron chi connectivity index (χ0n) is 22.8. The smallest absolute Gasteiger partial charge is 0.254 e. The molecule has 0 aliphatic carbocycles. The highest BCUT2D eigenvalue weighted by molar-refractivity contribution is 6.07. The standard InChI is InChI=1S/C32H41N3O3/c1-4-20-35(21-5-2)32(38)28-19-13-12-18-27(28)31(37)34-29(22-25-14-8-6-9-15-25)30(36)23-33-24(3)26-16-10-7-11-17-26/h6-19,24,29-30,33,36H,4-5,20-23H2,1-3H3,(H,34,37)/t24-,29+,30-/m1/s1. The van der Waals surface area contributed by atoms with Crippen LogP contribution in [-0.2, 0) is 6.42 Å². The Balaban J connectivity index is 1.79. The van der Waals surface area contributed by atoms with Crippen molar-refractivity contribution in [2.75, 3.05) is 19.6 Å². The summed E-state index contributed by atoms with van der Waals surface area (Å²) in [4.78, 5) is 28.7. The fourth-order valence-corrected chi connectivity index (χ4v) is 4.59. The minimum absolute atomic E-state index is 0.0420. The van der Waals surface area contributed by atoms with Crippen LogP contribution in [0.2, 0.25) is 0 Å². The average Bonchev–Trinajstić information content (AvgIpc) is 2.95. The van der Waals surface area contributed by atoms with Crippen molar-refractivity contribution < 1.29 is 14.7 Å². The molecule has 0 aromatic heterocycles. The third kappa shape index (κ3) is 8.27. The summed E-state index contributed by atoms with van der Waals surface area (Å²) in [6.07, 6.45) is 1.31. The lowest BCUT2D eigenvalue weighted by molar-refractivity contribution is 0.0742. The molecule has 0 radical (unpaired) electrons. The van der Waals surface area contributed by atoms with E-state index in [4.69, 9.17) is 0 Å². The molecule has 3 atom stereocenters. The van der Waals surface area contributed by atoms with Crippen LogP contribution >= 0.6 is 0 Å². The van der Waals surface area contributed by atoms with Crippen molar-refractivity contribution in [1.29, 1.82) is 0 Å². The van der Waals surface area contributed by atoms with Gasteiger partial charge in [0.1, 0.15) is 0 Å². The summed E-state index contributed by atoms with van der Waals surface area (Å²) in [6, 6.07) is 26.3. The highest BCUT2D eigenvalue weighted by Crippen LogP contribution is 2.16. The van der Waals surface area contributed by atoms with Gasteiger partial charge in [-0.2, -0.15) is 0 Å². The molecule has 0 aliphatic rings. The van der Waals surface area contributed by atoms with E-state index in [-0.39, 0.29) is 17.9 Å². The van der Waals surface area contributed by atoms with Crippen molar-refractivity contribution >= 4 is 11.8 Å². The second-order valence-corrected chi connectivity index (χ2v) is 9.72. The summed E-state index contributed by atoms with van der Waals surface area (Å²) < 4.78 is 0. The topological polar surface area (TPSA) is 81.7 Å². The van der Waals surface area contributed by atoms with Crippen LogP contribution in [0.4, 0.5) is 0 Å². The summed E-state index contributed by atoms with van der Waals surface area (Å²) in [6.45, 7) is 7.71. The van der Waals surface area contributed by atoms with Crippen LogP contribution in [0.5, 0.6) is 0 Å². The molecule has 0 fully saturated rings. The SMILES string of the molecule is CCCN(CCC)C(=O)c1ccccc1C(=O)N[C@@H](Cc1ccccc1)[C@H](O)CN[C@H](C)c1ccccc1. The van der Waals surface area contributed by atoms with Crippen molar-refractivity contribution in [3.8, 4) is 0 Å². The maximum Gasteiger partial charge on any atom is 0.254 e. The lowest BCUT2D eigenvalue weighted by Gasteiger charge is -2.27. The largest absolute Gasteiger partial charge is 0.390 e. The first-order chi connectivity index (χ1) is 18.4. The summed E-state index contributed by atoms with van der Waals surface area (Å²) in [5.41, 5.74) is 2.84. The molecular weight excluding hydrogens is 474 g/mol. The van der Waals surface area contributed by atoms with Gasteiger partial charge in [0.25, 0.3) is 11.8 Å².